The third-order valence-corrected chi connectivity index (χ3v) is 4.67. The fraction of sp³-hybridized carbons (Fsp3) is 0.261. The molecule has 0 saturated carbocycles. The number of anilines is 1. The van der Waals surface area contributed by atoms with Crippen molar-refractivity contribution in [1.82, 2.24) is 9.78 Å². The van der Waals surface area contributed by atoms with Crippen molar-refractivity contribution in [1.29, 1.82) is 0 Å². The maximum absolute atomic E-state index is 12.2. The largest absolute Gasteiger partial charge is 0.497 e. The summed E-state index contributed by atoms with van der Waals surface area (Å²) in [5.74, 6) is 0.686. The molecule has 6 nitrogen and oxygen atoms in total. The SMILES string of the molecule is CCc1ccc(NC(=O)CCCn2nc(-c3ccc(OC)cc3)ccc2=O)cc1. The third kappa shape index (κ3) is 5.54. The van der Waals surface area contributed by atoms with E-state index in [4.69, 9.17) is 4.74 Å². The molecule has 1 amide bonds. The van der Waals surface area contributed by atoms with Gasteiger partial charge in [-0.1, -0.05) is 19.1 Å². The second kappa shape index (κ2) is 9.68. The lowest BCUT2D eigenvalue weighted by molar-refractivity contribution is -0.116. The molecule has 0 aliphatic heterocycles. The maximum atomic E-state index is 12.2. The van der Waals surface area contributed by atoms with E-state index in [1.54, 1.807) is 13.2 Å². The minimum absolute atomic E-state index is 0.0754. The Balaban J connectivity index is 1.58. The highest BCUT2D eigenvalue weighted by Gasteiger charge is 2.06. The molecule has 0 aliphatic carbocycles. The summed E-state index contributed by atoms with van der Waals surface area (Å²) in [4.78, 5) is 24.3. The van der Waals surface area contributed by atoms with Crippen LogP contribution in [0, 0.1) is 0 Å². The van der Waals surface area contributed by atoms with Gasteiger partial charge in [0.05, 0.1) is 12.8 Å². The van der Waals surface area contributed by atoms with E-state index in [0.29, 0.717) is 25.1 Å². The molecule has 0 spiro atoms. The first-order valence-electron chi connectivity index (χ1n) is 9.70. The number of hydrogen-bond donors (Lipinski definition) is 1. The zero-order valence-corrected chi connectivity index (χ0v) is 16.7. The Bertz CT molecular complexity index is 1010. The van der Waals surface area contributed by atoms with Gasteiger partial charge in [-0.25, -0.2) is 4.68 Å². The molecular weight excluding hydrogens is 366 g/mol. The summed E-state index contributed by atoms with van der Waals surface area (Å²) in [7, 11) is 1.61. The van der Waals surface area contributed by atoms with Crippen LogP contribution in [-0.2, 0) is 17.8 Å². The van der Waals surface area contributed by atoms with Gasteiger partial charge in [0.15, 0.2) is 0 Å². The normalized spacial score (nSPS) is 10.6. The maximum Gasteiger partial charge on any atom is 0.266 e. The molecule has 0 saturated heterocycles. The lowest BCUT2D eigenvalue weighted by Gasteiger charge is -2.09. The molecular formula is C23H25N3O3. The van der Waals surface area contributed by atoms with Crippen molar-refractivity contribution in [3.8, 4) is 17.0 Å². The van der Waals surface area contributed by atoms with Gasteiger partial charge in [0.25, 0.3) is 5.56 Å². The lowest BCUT2D eigenvalue weighted by atomic mass is 10.1. The van der Waals surface area contributed by atoms with E-state index >= 15 is 0 Å². The second-order valence-electron chi connectivity index (χ2n) is 6.71. The Morgan fingerprint density at radius 2 is 1.76 bits per heavy atom. The zero-order valence-electron chi connectivity index (χ0n) is 16.7. The van der Waals surface area contributed by atoms with Gasteiger partial charge in [-0.05, 0) is 60.9 Å². The first-order valence-corrected chi connectivity index (χ1v) is 9.70. The number of carbonyl (C=O) groups excluding carboxylic acids is 1. The quantitative estimate of drug-likeness (QED) is 0.632. The van der Waals surface area contributed by atoms with Crippen molar-refractivity contribution in [2.45, 2.75) is 32.7 Å². The summed E-state index contributed by atoms with van der Waals surface area (Å²) in [5, 5.41) is 7.31. The Labute approximate surface area is 170 Å². The van der Waals surface area contributed by atoms with Crippen LogP contribution >= 0.6 is 0 Å². The monoisotopic (exact) mass is 391 g/mol. The lowest BCUT2D eigenvalue weighted by Crippen LogP contribution is -2.23. The Morgan fingerprint density at radius 3 is 2.41 bits per heavy atom. The van der Waals surface area contributed by atoms with Gasteiger partial charge < -0.3 is 10.1 Å². The van der Waals surface area contributed by atoms with E-state index in [9.17, 15) is 9.59 Å². The minimum Gasteiger partial charge on any atom is -0.497 e. The molecule has 150 valence electrons. The molecule has 1 N–H and O–H groups in total. The first kappa shape index (κ1) is 20.3. The number of nitrogens with zero attached hydrogens (tertiary/aromatic N) is 2. The zero-order chi connectivity index (χ0) is 20.6. The Kier molecular flexibility index (Phi) is 6.79. The van der Waals surface area contributed by atoms with Crippen molar-refractivity contribution >= 4 is 11.6 Å². The molecule has 29 heavy (non-hydrogen) atoms. The van der Waals surface area contributed by atoms with Crippen LogP contribution in [0.5, 0.6) is 5.75 Å². The van der Waals surface area contributed by atoms with Crippen molar-refractivity contribution in [2.75, 3.05) is 12.4 Å². The summed E-state index contributed by atoms with van der Waals surface area (Å²) in [5.41, 5.74) is 3.42. The van der Waals surface area contributed by atoms with Gasteiger partial charge in [-0.15, -0.1) is 0 Å². The summed E-state index contributed by atoms with van der Waals surface area (Å²) >= 11 is 0. The molecule has 3 aromatic rings. The smallest absolute Gasteiger partial charge is 0.266 e. The van der Waals surface area contributed by atoms with E-state index < -0.39 is 0 Å². The van der Waals surface area contributed by atoms with Crippen LogP contribution < -0.4 is 15.6 Å². The highest BCUT2D eigenvalue weighted by molar-refractivity contribution is 5.90. The number of aryl methyl sites for hydroxylation is 2. The van der Waals surface area contributed by atoms with E-state index in [0.717, 1.165) is 23.4 Å². The van der Waals surface area contributed by atoms with E-state index in [1.165, 1.54) is 16.3 Å². The standard InChI is InChI=1S/C23H25N3O3/c1-3-17-6-10-19(11-7-17)24-22(27)5-4-16-26-23(28)15-14-21(25-26)18-8-12-20(29-2)13-9-18/h6-15H,3-5,16H2,1-2H3,(H,24,27). The van der Waals surface area contributed by atoms with Crippen molar-refractivity contribution in [3.05, 3.63) is 76.6 Å². The minimum atomic E-state index is -0.183. The van der Waals surface area contributed by atoms with E-state index in [2.05, 4.69) is 17.3 Å². The Morgan fingerprint density at radius 1 is 1.03 bits per heavy atom. The fourth-order valence-electron chi connectivity index (χ4n) is 2.96. The van der Waals surface area contributed by atoms with Gasteiger partial charge in [0, 0.05) is 30.3 Å². The molecule has 0 atom stereocenters. The predicted molar refractivity (Wildman–Crippen MR) is 114 cm³/mol. The number of hydrogen-bond acceptors (Lipinski definition) is 4. The average molecular weight is 391 g/mol. The Hall–Kier alpha value is -3.41. The topological polar surface area (TPSA) is 73.2 Å². The number of rotatable bonds is 8. The highest BCUT2D eigenvalue weighted by atomic mass is 16.5. The number of nitrogens with one attached hydrogen (secondary N) is 1. The highest BCUT2D eigenvalue weighted by Crippen LogP contribution is 2.19. The van der Waals surface area contributed by atoms with Crippen LogP contribution in [0.3, 0.4) is 0 Å². The molecule has 0 fully saturated rings. The number of carbonyl (C=O) groups is 1. The molecule has 0 radical (unpaired) electrons. The number of ether oxygens (including phenoxy) is 1. The number of aromatic nitrogens is 2. The molecule has 0 unspecified atom stereocenters. The fourth-order valence-corrected chi connectivity index (χ4v) is 2.96. The van der Waals surface area contributed by atoms with Crippen LogP contribution in [0.4, 0.5) is 5.69 Å². The van der Waals surface area contributed by atoms with E-state index in [1.807, 2.05) is 48.5 Å². The van der Waals surface area contributed by atoms with Crippen molar-refractivity contribution in [3.63, 3.8) is 0 Å². The predicted octanol–water partition coefficient (Wildman–Crippen LogP) is 3.90. The van der Waals surface area contributed by atoms with Gasteiger partial charge in [-0.3, -0.25) is 9.59 Å². The summed E-state index contributed by atoms with van der Waals surface area (Å²) in [6, 6.07) is 18.5. The molecule has 3 rings (SSSR count). The van der Waals surface area contributed by atoms with Gasteiger partial charge in [0.1, 0.15) is 5.75 Å². The molecule has 1 aromatic heterocycles. The molecule has 2 aromatic carbocycles. The van der Waals surface area contributed by atoms with Gasteiger partial charge in [0.2, 0.25) is 5.91 Å². The first-order chi connectivity index (χ1) is 14.1. The van der Waals surface area contributed by atoms with Crippen molar-refractivity contribution < 1.29 is 9.53 Å². The summed E-state index contributed by atoms with van der Waals surface area (Å²) < 4.78 is 6.57. The average Bonchev–Trinajstić information content (AvgIpc) is 2.75. The molecule has 6 heteroatoms. The summed E-state index contributed by atoms with van der Waals surface area (Å²) in [6.45, 7) is 2.47. The molecule has 0 bridgehead atoms. The van der Waals surface area contributed by atoms with Crippen LogP contribution in [-0.4, -0.2) is 22.8 Å². The van der Waals surface area contributed by atoms with Crippen LogP contribution in [0.25, 0.3) is 11.3 Å². The van der Waals surface area contributed by atoms with Gasteiger partial charge >= 0.3 is 0 Å². The second-order valence-corrected chi connectivity index (χ2v) is 6.71. The van der Waals surface area contributed by atoms with Crippen LogP contribution in [0.1, 0.15) is 25.3 Å². The van der Waals surface area contributed by atoms with Gasteiger partial charge in [-0.2, -0.15) is 5.10 Å². The van der Waals surface area contributed by atoms with Crippen LogP contribution in [0.15, 0.2) is 65.5 Å². The number of benzene rings is 2. The summed E-state index contributed by atoms with van der Waals surface area (Å²) in [6.07, 6.45) is 1.81. The van der Waals surface area contributed by atoms with E-state index in [-0.39, 0.29) is 11.5 Å². The molecule has 1 heterocycles. The molecule has 0 aliphatic rings. The van der Waals surface area contributed by atoms with Crippen molar-refractivity contribution in [2.24, 2.45) is 0 Å². The third-order valence-electron chi connectivity index (χ3n) is 4.67. The number of amides is 1. The van der Waals surface area contributed by atoms with Crippen LogP contribution in [0.2, 0.25) is 0 Å². The number of methoxy groups -OCH3 is 1.